The lowest BCUT2D eigenvalue weighted by molar-refractivity contribution is 0.150. The molecule has 0 fully saturated rings. The van der Waals surface area contributed by atoms with E-state index in [1.165, 1.54) is 6.07 Å². The molecule has 13 heavy (non-hydrogen) atoms. The first-order valence-corrected chi connectivity index (χ1v) is 5.55. The molecule has 6 heteroatoms. The molecule has 0 saturated heterocycles. The number of anilines is 1. The molecular formula is C7H6BrF2IN2. The first-order chi connectivity index (χ1) is 6.06. The smallest absolute Gasteiger partial charge is 0.266 e. The number of nitrogens with zero attached hydrogens (tertiary/aromatic N) is 1. The van der Waals surface area contributed by atoms with Crippen molar-refractivity contribution in [2.45, 2.75) is 11.8 Å². The monoisotopic (exact) mass is 362 g/mol. The van der Waals surface area contributed by atoms with Gasteiger partial charge >= 0.3 is 0 Å². The fourth-order valence-electron chi connectivity index (χ4n) is 0.823. The molecule has 1 aromatic heterocycles. The van der Waals surface area contributed by atoms with E-state index >= 15 is 0 Å². The molecule has 0 aliphatic heterocycles. The fraction of sp³-hybridized carbons (Fsp3) is 0.286. The van der Waals surface area contributed by atoms with Gasteiger partial charge in [-0.15, -0.1) is 0 Å². The molecule has 0 radical (unpaired) electrons. The fourth-order valence-corrected chi connectivity index (χ4v) is 1.92. The first kappa shape index (κ1) is 11.1. The van der Waals surface area contributed by atoms with E-state index < -0.39 is 6.43 Å². The number of pyridine rings is 1. The topological polar surface area (TPSA) is 38.9 Å². The second-order valence-corrected chi connectivity index (χ2v) is 3.93. The Kier molecular flexibility index (Phi) is 3.84. The number of hydrogen-bond donors (Lipinski definition) is 1. The van der Waals surface area contributed by atoms with E-state index in [0.29, 0.717) is 16.7 Å². The van der Waals surface area contributed by atoms with E-state index in [9.17, 15) is 8.78 Å². The van der Waals surface area contributed by atoms with E-state index in [2.05, 4.69) is 20.9 Å². The van der Waals surface area contributed by atoms with Crippen molar-refractivity contribution in [2.75, 3.05) is 5.73 Å². The van der Waals surface area contributed by atoms with Crippen molar-refractivity contribution in [1.29, 1.82) is 0 Å². The summed E-state index contributed by atoms with van der Waals surface area (Å²) < 4.78 is 25.0. The van der Waals surface area contributed by atoms with Crippen LogP contribution in [0, 0.1) is 3.70 Å². The lowest BCUT2D eigenvalue weighted by Crippen LogP contribution is -2.02. The molecule has 2 N–H and O–H groups in total. The average molecular weight is 363 g/mol. The minimum absolute atomic E-state index is 0.0655. The van der Waals surface area contributed by atoms with Gasteiger partial charge < -0.3 is 5.73 Å². The van der Waals surface area contributed by atoms with Crippen molar-refractivity contribution >= 4 is 44.3 Å². The van der Waals surface area contributed by atoms with Gasteiger partial charge in [-0.25, -0.2) is 13.8 Å². The van der Waals surface area contributed by atoms with E-state index in [-0.39, 0.29) is 9.26 Å². The maximum Gasteiger partial charge on any atom is 0.266 e. The average Bonchev–Trinajstić information content (AvgIpc) is 2.03. The zero-order valence-corrected chi connectivity index (χ0v) is 10.1. The Morgan fingerprint density at radius 1 is 1.62 bits per heavy atom. The zero-order valence-electron chi connectivity index (χ0n) is 6.40. The van der Waals surface area contributed by atoms with Gasteiger partial charge in [0.1, 0.15) is 9.52 Å². The summed E-state index contributed by atoms with van der Waals surface area (Å²) in [5.74, 6) is 0.297. The third-order valence-electron chi connectivity index (χ3n) is 1.49. The van der Waals surface area contributed by atoms with Crippen molar-refractivity contribution in [3.63, 3.8) is 0 Å². The lowest BCUT2D eigenvalue weighted by atomic mass is 10.2. The van der Waals surface area contributed by atoms with Gasteiger partial charge in [-0.1, -0.05) is 15.9 Å². The molecule has 0 unspecified atom stereocenters. The molecule has 0 bridgehead atoms. The Morgan fingerprint density at radius 2 is 2.23 bits per heavy atom. The number of nitrogen functional groups attached to an aromatic ring is 1. The predicted molar refractivity (Wildman–Crippen MR) is 59.0 cm³/mol. The minimum Gasteiger partial charge on any atom is -0.383 e. The van der Waals surface area contributed by atoms with Crippen LogP contribution in [-0.2, 0) is 5.33 Å². The molecule has 0 aromatic carbocycles. The van der Waals surface area contributed by atoms with Crippen LogP contribution >= 0.6 is 38.5 Å². The molecule has 72 valence electrons. The van der Waals surface area contributed by atoms with Gasteiger partial charge in [-0.3, -0.25) is 0 Å². The maximum absolute atomic E-state index is 12.4. The van der Waals surface area contributed by atoms with Crippen molar-refractivity contribution < 1.29 is 8.78 Å². The quantitative estimate of drug-likeness (QED) is 0.499. The number of hydrogen-bond acceptors (Lipinski definition) is 2. The third-order valence-corrected chi connectivity index (χ3v) is 2.96. The molecule has 1 heterocycles. The first-order valence-electron chi connectivity index (χ1n) is 3.35. The van der Waals surface area contributed by atoms with Gasteiger partial charge in [0.2, 0.25) is 0 Å². The molecular weight excluding hydrogens is 357 g/mol. The van der Waals surface area contributed by atoms with Crippen LogP contribution in [0.3, 0.4) is 0 Å². The molecule has 0 aliphatic rings. The Hall–Kier alpha value is 0.0200. The molecule has 0 amide bonds. The lowest BCUT2D eigenvalue weighted by Gasteiger charge is -2.07. The van der Waals surface area contributed by atoms with E-state index in [4.69, 9.17) is 5.73 Å². The highest BCUT2D eigenvalue weighted by Crippen LogP contribution is 2.27. The summed E-state index contributed by atoms with van der Waals surface area (Å²) in [6, 6.07) is 1.38. The molecule has 0 atom stereocenters. The van der Waals surface area contributed by atoms with Crippen molar-refractivity contribution in [2.24, 2.45) is 0 Å². The Morgan fingerprint density at radius 3 is 2.69 bits per heavy atom. The molecule has 0 saturated carbocycles. The predicted octanol–water partition coefficient (Wildman–Crippen LogP) is 3.10. The number of aromatic nitrogens is 1. The summed E-state index contributed by atoms with van der Waals surface area (Å²) in [6.45, 7) is 0. The normalized spacial score (nSPS) is 10.8. The van der Waals surface area contributed by atoms with Crippen LogP contribution in [0.1, 0.15) is 17.6 Å². The molecule has 0 spiro atoms. The van der Waals surface area contributed by atoms with Crippen LogP contribution in [0.5, 0.6) is 0 Å². The molecule has 0 aliphatic carbocycles. The summed E-state index contributed by atoms with van der Waals surface area (Å²) in [5.41, 5.74) is 6.04. The van der Waals surface area contributed by atoms with Gasteiger partial charge in [0.15, 0.2) is 0 Å². The summed E-state index contributed by atoms with van der Waals surface area (Å²) in [7, 11) is 0. The Balaban J connectivity index is 3.22. The van der Waals surface area contributed by atoms with Crippen LogP contribution in [0.15, 0.2) is 6.07 Å². The molecule has 1 rings (SSSR count). The van der Waals surface area contributed by atoms with Crippen molar-refractivity contribution in [3.8, 4) is 0 Å². The van der Waals surface area contributed by atoms with E-state index in [1.54, 1.807) is 22.6 Å². The van der Waals surface area contributed by atoms with Crippen molar-refractivity contribution in [1.82, 2.24) is 4.98 Å². The molecule has 2 nitrogen and oxygen atoms in total. The second kappa shape index (κ2) is 4.50. The van der Waals surface area contributed by atoms with E-state index in [1.807, 2.05) is 0 Å². The SMILES string of the molecule is Nc1nc(I)c(C(F)F)cc1CBr. The van der Waals surface area contributed by atoms with Gasteiger partial charge in [0, 0.05) is 10.9 Å². The highest BCUT2D eigenvalue weighted by molar-refractivity contribution is 14.1. The minimum atomic E-state index is -2.50. The van der Waals surface area contributed by atoms with E-state index in [0.717, 1.165) is 0 Å². The largest absolute Gasteiger partial charge is 0.383 e. The van der Waals surface area contributed by atoms with Gasteiger partial charge in [-0.05, 0) is 28.7 Å². The summed E-state index contributed by atoms with van der Waals surface area (Å²) in [4.78, 5) is 3.82. The van der Waals surface area contributed by atoms with Gasteiger partial charge in [0.25, 0.3) is 6.43 Å². The third kappa shape index (κ3) is 2.49. The van der Waals surface area contributed by atoms with Crippen LogP contribution in [-0.4, -0.2) is 4.98 Å². The zero-order chi connectivity index (χ0) is 10.0. The second-order valence-electron chi connectivity index (χ2n) is 2.35. The van der Waals surface area contributed by atoms with Gasteiger partial charge in [-0.2, -0.15) is 0 Å². The number of halogens is 4. The standard InChI is InChI=1S/C7H6BrF2IN2/c8-2-3-1-4(5(9)10)6(11)13-7(3)12/h1,5H,2H2,(H2,12,13). The maximum atomic E-state index is 12.4. The van der Waals surface area contributed by atoms with Crippen LogP contribution in [0.25, 0.3) is 0 Å². The Bertz CT molecular complexity index is 320. The number of nitrogens with two attached hydrogens (primary N) is 1. The van der Waals surface area contributed by atoms with Crippen molar-refractivity contribution in [3.05, 3.63) is 20.9 Å². The summed E-state index contributed by atoms with van der Waals surface area (Å²) >= 11 is 4.90. The number of alkyl halides is 3. The Labute approximate surface area is 96.2 Å². The van der Waals surface area contributed by atoms with Gasteiger partial charge in [0.05, 0.1) is 5.56 Å². The molecule has 1 aromatic rings. The number of rotatable bonds is 2. The van der Waals surface area contributed by atoms with Crippen LogP contribution < -0.4 is 5.73 Å². The van der Waals surface area contributed by atoms with Crippen LogP contribution in [0.2, 0.25) is 0 Å². The summed E-state index contributed by atoms with van der Waals surface area (Å²) in [6.07, 6.45) is -2.50. The highest BCUT2D eigenvalue weighted by atomic mass is 127. The highest BCUT2D eigenvalue weighted by Gasteiger charge is 2.15. The van der Waals surface area contributed by atoms with Crippen LogP contribution in [0.4, 0.5) is 14.6 Å². The summed E-state index contributed by atoms with van der Waals surface area (Å²) in [5, 5.41) is 0.433.